The number of carbonyl (C=O) groups is 1. The molecule has 29 heavy (non-hydrogen) atoms. The lowest BCUT2D eigenvalue weighted by atomic mass is 10.0. The molecule has 0 unspecified atom stereocenters. The van der Waals surface area contributed by atoms with Crippen molar-refractivity contribution in [2.75, 3.05) is 0 Å². The second-order valence-corrected chi connectivity index (χ2v) is 7.89. The zero-order valence-corrected chi connectivity index (χ0v) is 17.2. The fourth-order valence-corrected chi connectivity index (χ4v) is 3.89. The van der Waals surface area contributed by atoms with E-state index >= 15 is 0 Å². The highest BCUT2D eigenvalue weighted by molar-refractivity contribution is 6.31. The number of hydrogen-bond donors (Lipinski definition) is 1. The molecule has 3 nitrogen and oxygen atoms in total. The Morgan fingerprint density at radius 3 is 2.59 bits per heavy atom. The Labute approximate surface area is 176 Å². The number of rotatable bonds is 6. The maximum atomic E-state index is 12.6. The molecule has 3 aromatic carbocycles. The number of benzene rings is 3. The number of halogens is 1. The molecule has 1 aliphatic carbocycles. The summed E-state index contributed by atoms with van der Waals surface area (Å²) in [5, 5.41) is 3.78. The quantitative estimate of drug-likeness (QED) is 0.554. The molecular weight excluding hydrogens is 382 g/mol. The first-order chi connectivity index (χ1) is 14.1. The van der Waals surface area contributed by atoms with E-state index in [2.05, 4.69) is 23.5 Å². The highest BCUT2D eigenvalue weighted by Gasteiger charge is 2.15. The predicted octanol–water partition coefficient (Wildman–Crippen LogP) is 5.90. The van der Waals surface area contributed by atoms with Crippen LogP contribution in [0.15, 0.2) is 66.7 Å². The van der Waals surface area contributed by atoms with Crippen molar-refractivity contribution < 1.29 is 9.53 Å². The molecule has 148 valence electrons. The Morgan fingerprint density at radius 2 is 1.79 bits per heavy atom. The maximum Gasteiger partial charge on any atom is 0.251 e. The number of carbonyl (C=O) groups excluding carboxylic acids is 1. The van der Waals surface area contributed by atoms with Crippen molar-refractivity contribution in [3.05, 3.63) is 99.6 Å². The van der Waals surface area contributed by atoms with Gasteiger partial charge in [0.1, 0.15) is 12.4 Å². The van der Waals surface area contributed by atoms with Crippen molar-refractivity contribution in [1.82, 2.24) is 5.32 Å². The Bertz CT molecular complexity index is 1010. The van der Waals surface area contributed by atoms with Gasteiger partial charge in [-0.15, -0.1) is 0 Å². The number of hydrogen-bond acceptors (Lipinski definition) is 2. The Kier molecular flexibility index (Phi) is 5.86. The third kappa shape index (κ3) is 4.63. The van der Waals surface area contributed by atoms with Gasteiger partial charge in [0.25, 0.3) is 5.91 Å². The van der Waals surface area contributed by atoms with Crippen molar-refractivity contribution in [3.63, 3.8) is 0 Å². The highest BCUT2D eigenvalue weighted by Crippen LogP contribution is 2.25. The monoisotopic (exact) mass is 405 g/mol. The Balaban J connectivity index is 1.36. The summed E-state index contributed by atoms with van der Waals surface area (Å²) in [6.45, 7) is 2.41. The zero-order valence-electron chi connectivity index (χ0n) is 16.5. The topological polar surface area (TPSA) is 38.3 Å². The third-order valence-corrected chi connectivity index (χ3v) is 5.81. The van der Waals surface area contributed by atoms with Gasteiger partial charge in [-0.2, -0.15) is 0 Å². The van der Waals surface area contributed by atoms with Crippen LogP contribution in [-0.2, 0) is 19.4 Å². The van der Waals surface area contributed by atoms with Gasteiger partial charge < -0.3 is 10.1 Å². The molecule has 0 aliphatic heterocycles. The second kappa shape index (κ2) is 8.71. The van der Waals surface area contributed by atoms with E-state index < -0.39 is 0 Å². The molecule has 0 spiro atoms. The largest absolute Gasteiger partial charge is 0.489 e. The molecule has 3 aromatic rings. The minimum atomic E-state index is -0.0874. The third-order valence-electron chi connectivity index (χ3n) is 5.44. The van der Waals surface area contributed by atoms with Crippen LogP contribution in [0.1, 0.15) is 52.0 Å². The molecule has 4 heteroatoms. The maximum absolute atomic E-state index is 12.6. The van der Waals surface area contributed by atoms with E-state index in [4.69, 9.17) is 16.3 Å². The van der Waals surface area contributed by atoms with Crippen LogP contribution in [-0.4, -0.2) is 5.91 Å². The van der Waals surface area contributed by atoms with Crippen LogP contribution < -0.4 is 10.1 Å². The molecule has 1 atom stereocenters. The van der Waals surface area contributed by atoms with Gasteiger partial charge in [0, 0.05) is 16.1 Å². The van der Waals surface area contributed by atoms with Gasteiger partial charge in [0.05, 0.1) is 6.04 Å². The fraction of sp³-hybridized carbons (Fsp3) is 0.240. The van der Waals surface area contributed by atoms with Crippen LogP contribution in [0.5, 0.6) is 5.75 Å². The van der Waals surface area contributed by atoms with Crippen molar-refractivity contribution in [2.45, 2.75) is 38.8 Å². The van der Waals surface area contributed by atoms with Crippen molar-refractivity contribution >= 4 is 17.5 Å². The summed E-state index contributed by atoms with van der Waals surface area (Å²) in [6.07, 6.45) is 3.53. The summed E-state index contributed by atoms with van der Waals surface area (Å²) < 4.78 is 5.78. The summed E-state index contributed by atoms with van der Waals surface area (Å²) in [4.78, 5) is 12.6. The van der Waals surface area contributed by atoms with E-state index in [-0.39, 0.29) is 11.9 Å². The van der Waals surface area contributed by atoms with Gasteiger partial charge >= 0.3 is 0 Å². The lowest BCUT2D eigenvalue weighted by Crippen LogP contribution is -2.26. The van der Waals surface area contributed by atoms with E-state index in [1.54, 1.807) is 12.1 Å². The van der Waals surface area contributed by atoms with Gasteiger partial charge in [-0.25, -0.2) is 0 Å². The molecule has 0 saturated carbocycles. The van der Waals surface area contributed by atoms with E-state index in [1.807, 2.05) is 43.3 Å². The average molecular weight is 406 g/mol. The van der Waals surface area contributed by atoms with Gasteiger partial charge in [0.15, 0.2) is 0 Å². The summed E-state index contributed by atoms with van der Waals surface area (Å²) in [5.41, 5.74) is 5.56. The van der Waals surface area contributed by atoms with Crippen molar-refractivity contribution in [1.29, 1.82) is 0 Å². The van der Waals surface area contributed by atoms with E-state index in [1.165, 1.54) is 24.0 Å². The van der Waals surface area contributed by atoms with Gasteiger partial charge in [-0.3, -0.25) is 4.79 Å². The number of ether oxygens (including phenoxy) is 1. The van der Waals surface area contributed by atoms with Crippen molar-refractivity contribution in [3.8, 4) is 5.75 Å². The van der Waals surface area contributed by atoms with E-state index in [0.29, 0.717) is 22.9 Å². The summed E-state index contributed by atoms with van der Waals surface area (Å²) in [7, 11) is 0. The number of amides is 1. The number of nitrogens with one attached hydrogen (secondary N) is 1. The molecule has 1 N–H and O–H groups in total. The summed E-state index contributed by atoms with van der Waals surface area (Å²) in [5.74, 6) is 0.615. The van der Waals surface area contributed by atoms with Crippen LogP contribution in [0.3, 0.4) is 0 Å². The van der Waals surface area contributed by atoms with E-state index in [9.17, 15) is 4.79 Å². The fourth-order valence-electron chi connectivity index (χ4n) is 3.70. The molecule has 0 radical (unpaired) electrons. The highest BCUT2D eigenvalue weighted by atomic mass is 35.5. The Morgan fingerprint density at radius 1 is 1.03 bits per heavy atom. The van der Waals surface area contributed by atoms with Crippen molar-refractivity contribution in [2.24, 2.45) is 0 Å². The van der Waals surface area contributed by atoms with Crippen LogP contribution in [0.2, 0.25) is 5.02 Å². The van der Waals surface area contributed by atoms with Gasteiger partial charge in [0.2, 0.25) is 0 Å². The van der Waals surface area contributed by atoms with Gasteiger partial charge in [-0.1, -0.05) is 48.0 Å². The minimum absolute atomic E-state index is 0.0375. The summed E-state index contributed by atoms with van der Waals surface area (Å²) >= 11 is 6.15. The second-order valence-electron chi connectivity index (χ2n) is 7.48. The van der Waals surface area contributed by atoms with Gasteiger partial charge in [-0.05, 0) is 73.2 Å². The standard InChI is InChI=1S/C25H24ClNO2/c1-17(20-10-9-18-6-4-7-21(18)15-20)27-25(28)19-11-13-23(14-12-19)29-16-22-5-2-3-8-24(22)26/h2-3,5,8-15,17H,4,6-7,16H2,1H3,(H,27,28)/t17-/m1/s1. The SMILES string of the molecule is C[C@@H](NC(=O)c1ccc(OCc2ccccc2Cl)cc1)c1ccc2c(c1)CCC2. The normalized spacial score (nSPS) is 13.6. The number of fused-ring (bicyclic) bond motifs is 1. The summed E-state index contributed by atoms with van der Waals surface area (Å²) in [6, 6.07) is 21.3. The molecule has 1 aliphatic rings. The average Bonchev–Trinajstić information content (AvgIpc) is 3.21. The molecule has 0 aromatic heterocycles. The van der Waals surface area contributed by atoms with E-state index in [0.717, 1.165) is 17.5 Å². The Hall–Kier alpha value is -2.78. The minimum Gasteiger partial charge on any atom is -0.489 e. The first kappa shape index (κ1) is 19.5. The predicted molar refractivity (Wildman–Crippen MR) is 117 cm³/mol. The molecular formula is C25H24ClNO2. The lowest BCUT2D eigenvalue weighted by molar-refractivity contribution is 0.0940. The van der Waals surface area contributed by atoms with Crippen LogP contribution in [0, 0.1) is 0 Å². The molecule has 0 saturated heterocycles. The lowest BCUT2D eigenvalue weighted by Gasteiger charge is -2.16. The smallest absolute Gasteiger partial charge is 0.251 e. The molecule has 0 bridgehead atoms. The molecule has 0 heterocycles. The van der Waals surface area contributed by atoms with Crippen LogP contribution in [0.4, 0.5) is 0 Å². The van der Waals surface area contributed by atoms with Crippen LogP contribution in [0.25, 0.3) is 0 Å². The first-order valence-electron chi connectivity index (χ1n) is 9.99. The number of aryl methyl sites for hydroxylation is 2. The molecule has 0 fully saturated rings. The molecule has 4 rings (SSSR count). The molecule has 1 amide bonds. The van der Waals surface area contributed by atoms with Crippen LogP contribution >= 0.6 is 11.6 Å². The first-order valence-corrected chi connectivity index (χ1v) is 10.4. The zero-order chi connectivity index (χ0) is 20.2.